The fourth-order valence-corrected chi connectivity index (χ4v) is 3.13. The standard InChI is InChI=1S/C16H23N5/c1-3-8-21-13(2)15(10-18-21)12-20-9-4-5-14(11-20)16-6-7-17-19-16/h3,6-7,10,14H,1,4-5,8-9,11-12H2,2H3,(H,17,19). The number of H-pyrrole nitrogens is 1. The van der Waals surface area contributed by atoms with E-state index in [1.54, 1.807) is 0 Å². The molecule has 0 spiro atoms. The average molecular weight is 285 g/mol. The van der Waals surface area contributed by atoms with E-state index >= 15 is 0 Å². The van der Waals surface area contributed by atoms with Crippen molar-refractivity contribution in [3.8, 4) is 0 Å². The zero-order valence-corrected chi connectivity index (χ0v) is 12.6. The molecule has 5 heteroatoms. The van der Waals surface area contributed by atoms with Crippen LogP contribution in [0.2, 0.25) is 0 Å². The molecule has 1 atom stereocenters. The van der Waals surface area contributed by atoms with E-state index < -0.39 is 0 Å². The van der Waals surface area contributed by atoms with Gasteiger partial charge in [-0.25, -0.2) is 0 Å². The third kappa shape index (κ3) is 3.08. The van der Waals surface area contributed by atoms with Gasteiger partial charge in [0, 0.05) is 42.2 Å². The Balaban J connectivity index is 1.66. The van der Waals surface area contributed by atoms with Gasteiger partial charge in [0.25, 0.3) is 0 Å². The van der Waals surface area contributed by atoms with Gasteiger partial charge in [-0.15, -0.1) is 6.58 Å². The molecule has 0 aliphatic carbocycles. The van der Waals surface area contributed by atoms with Gasteiger partial charge in [-0.2, -0.15) is 10.2 Å². The van der Waals surface area contributed by atoms with Crippen LogP contribution >= 0.6 is 0 Å². The number of nitrogens with one attached hydrogen (secondary N) is 1. The predicted molar refractivity (Wildman–Crippen MR) is 83.0 cm³/mol. The molecular formula is C16H23N5. The molecule has 5 nitrogen and oxygen atoms in total. The van der Waals surface area contributed by atoms with Gasteiger partial charge < -0.3 is 0 Å². The van der Waals surface area contributed by atoms with E-state index in [1.165, 1.54) is 29.8 Å². The molecule has 1 fully saturated rings. The van der Waals surface area contributed by atoms with Crippen molar-refractivity contribution in [3.63, 3.8) is 0 Å². The van der Waals surface area contributed by atoms with Gasteiger partial charge in [0.2, 0.25) is 0 Å². The topological polar surface area (TPSA) is 49.7 Å². The Morgan fingerprint density at radius 1 is 1.52 bits per heavy atom. The van der Waals surface area contributed by atoms with E-state index in [2.05, 4.69) is 39.8 Å². The molecule has 0 saturated carbocycles. The van der Waals surface area contributed by atoms with Crippen molar-refractivity contribution in [2.45, 2.75) is 38.8 Å². The molecule has 1 N–H and O–H groups in total. The van der Waals surface area contributed by atoms with Crippen molar-refractivity contribution in [1.82, 2.24) is 24.9 Å². The van der Waals surface area contributed by atoms with Gasteiger partial charge in [0.05, 0.1) is 12.7 Å². The lowest BCUT2D eigenvalue weighted by atomic mass is 9.94. The summed E-state index contributed by atoms with van der Waals surface area (Å²) in [6.45, 7) is 9.94. The molecule has 0 bridgehead atoms. The van der Waals surface area contributed by atoms with E-state index in [1.807, 2.05) is 23.2 Å². The Bertz CT molecular complexity index is 584. The van der Waals surface area contributed by atoms with E-state index in [-0.39, 0.29) is 0 Å². The third-order valence-electron chi connectivity index (χ3n) is 4.37. The lowest BCUT2D eigenvalue weighted by Crippen LogP contribution is -2.34. The van der Waals surface area contributed by atoms with Crippen molar-refractivity contribution in [2.75, 3.05) is 13.1 Å². The predicted octanol–water partition coefficient (Wildman–Crippen LogP) is 2.48. The van der Waals surface area contributed by atoms with Gasteiger partial charge in [-0.3, -0.25) is 14.7 Å². The Kier molecular flexibility index (Phi) is 4.20. The number of likely N-dealkylation sites (tertiary alicyclic amines) is 1. The van der Waals surface area contributed by atoms with Crippen LogP contribution < -0.4 is 0 Å². The normalized spacial score (nSPS) is 19.8. The monoisotopic (exact) mass is 285 g/mol. The molecular weight excluding hydrogens is 262 g/mol. The fourth-order valence-electron chi connectivity index (χ4n) is 3.13. The highest BCUT2D eigenvalue weighted by molar-refractivity contribution is 5.17. The van der Waals surface area contributed by atoms with Crippen LogP contribution in [0.4, 0.5) is 0 Å². The average Bonchev–Trinajstić information content (AvgIpc) is 3.13. The Hall–Kier alpha value is -1.88. The molecule has 1 aliphatic heterocycles. The molecule has 3 heterocycles. The summed E-state index contributed by atoms with van der Waals surface area (Å²) in [6.07, 6.45) is 8.21. The van der Waals surface area contributed by atoms with E-state index in [0.717, 1.165) is 26.2 Å². The molecule has 0 aromatic carbocycles. The number of piperidine rings is 1. The van der Waals surface area contributed by atoms with Crippen LogP contribution in [0.25, 0.3) is 0 Å². The van der Waals surface area contributed by atoms with E-state index in [0.29, 0.717) is 5.92 Å². The molecule has 112 valence electrons. The van der Waals surface area contributed by atoms with Crippen LogP contribution in [0.3, 0.4) is 0 Å². The number of hydrogen-bond acceptors (Lipinski definition) is 3. The second-order valence-corrected chi connectivity index (χ2v) is 5.81. The Morgan fingerprint density at radius 3 is 3.19 bits per heavy atom. The molecule has 1 saturated heterocycles. The minimum Gasteiger partial charge on any atom is -0.298 e. The minimum atomic E-state index is 0.574. The second kappa shape index (κ2) is 6.26. The van der Waals surface area contributed by atoms with Crippen LogP contribution in [-0.2, 0) is 13.1 Å². The molecule has 2 aromatic heterocycles. The first-order valence-corrected chi connectivity index (χ1v) is 7.61. The van der Waals surface area contributed by atoms with Gasteiger partial charge in [0.1, 0.15) is 0 Å². The van der Waals surface area contributed by atoms with Crippen LogP contribution in [0, 0.1) is 6.92 Å². The van der Waals surface area contributed by atoms with Gasteiger partial charge in [-0.1, -0.05) is 6.08 Å². The Labute approximate surface area is 125 Å². The number of aromatic amines is 1. The molecule has 0 radical (unpaired) electrons. The maximum absolute atomic E-state index is 4.44. The SMILES string of the molecule is C=CCn1ncc(CN2CCCC(c3ccn[nH]3)C2)c1C. The molecule has 3 rings (SSSR count). The van der Waals surface area contributed by atoms with E-state index in [4.69, 9.17) is 0 Å². The first-order chi connectivity index (χ1) is 10.3. The number of aromatic nitrogens is 4. The highest BCUT2D eigenvalue weighted by atomic mass is 15.3. The van der Waals surface area contributed by atoms with Crippen LogP contribution in [0.1, 0.15) is 35.7 Å². The number of hydrogen-bond donors (Lipinski definition) is 1. The Morgan fingerprint density at radius 2 is 2.43 bits per heavy atom. The van der Waals surface area contributed by atoms with Gasteiger partial charge >= 0.3 is 0 Å². The molecule has 21 heavy (non-hydrogen) atoms. The lowest BCUT2D eigenvalue weighted by molar-refractivity contribution is 0.198. The number of rotatable bonds is 5. The quantitative estimate of drug-likeness (QED) is 0.859. The maximum atomic E-state index is 4.44. The summed E-state index contributed by atoms with van der Waals surface area (Å²) < 4.78 is 2.01. The van der Waals surface area contributed by atoms with Gasteiger partial charge in [0.15, 0.2) is 0 Å². The summed E-state index contributed by atoms with van der Waals surface area (Å²) in [5, 5.41) is 11.6. The first-order valence-electron chi connectivity index (χ1n) is 7.61. The lowest BCUT2D eigenvalue weighted by Gasteiger charge is -2.32. The summed E-state index contributed by atoms with van der Waals surface area (Å²) in [7, 11) is 0. The van der Waals surface area contributed by atoms with Gasteiger partial charge in [-0.05, 0) is 32.4 Å². The highest BCUT2D eigenvalue weighted by Crippen LogP contribution is 2.26. The highest BCUT2D eigenvalue weighted by Gasteiger charge is 2.23. The van der Waals surface area contributed by atoms with Crippen molar-refractivity contribution in [1.29, 1.82) is 0 Å². The number of nitrogens with zero attached hydrogens (tertiary/aromatic N) is 4. The largest absolute Gasteiger partial charge is 0.298 e. The van der Waals surface area contributed by atoms with Crippen LogP contribution in [0.15, 0.2) is 31.1 Å². The summed E-state index contributed by atoms with van der Waals surface area (Å²) in [4.78, 5) is 2.53. The first kappa shape index (κ1) is 14.1. The van der Waals surface area contributed by atoms with Crippen LogP contribution in [-0.4, -0.2) is 38.0 Å². The minimum absolute atomic E-state index is 0.574. The fraction of sp³-hybridized carbons (Fsp3) is 0.500. The molecule has 1 unspecified atom stereocenters. The molecule has 1 aliphatic rings. The summed E-state index contributed by atoms with van der Waals surface area (Å²) in [6, 6.07) is 2.10. The smallest absolute Gasteiger partial charge is 0.0590 e. The number of allylic oxidation sites excluding steroid dienone is 1. The second-order valence-electron chi connectivity index (χ2n) is 5.81. The van der Waals surface area contributed by atoms with Crippen molar-refractivity contribution in [3.05, 3.63) is 48.1 Å². The molecule has 2 aromatic rings. The summed E-state index contributed by atoms with van der Waals surface area (Å²) in [5.41, 5.74) is 3.83. The van der Waals surface area contributed by atoms with E-state index in [9.17, 15) is 0 Å². The zero-order valence-electron chi connectivity index (χ0n) is 12.6. The molecule has 0 amide bonds. The zero-order chi connectivity index (χ0) is 14.7. The van der Waals surface area contributed by atoms with Crippen molar-refractivity contribution < 1.29 is 0 Å². The summed E-state index contributed by atoms with van der Waals surface area (Å²) >= 11 is 0. The maximum Gasteiger partial charge on any atom is 0.0590 e. The summed E-state index contributed by atoms with van der Waals surface area (Å²) in [5.74, 6) is 0.574. The van der Waals surface area contributed by atoms with Crippen LogP contribution in [0.5, 0.6) is 0 Å². The van der Waals surface area contributed by atoms with Crippen molar-refractivity contribution in [2.24, 2.45) is 0 Å². The van der Waals surface area contributed by atoms with Crippen molar-refractivity contribution >= 4 is 0 Å². The third-order valence-corrected chi connectivity index (χ3v) is 4.37.